The molecule has 0 aromatic heterocycles. The van der Waals surface area contributed by atoms with E-state index in [1.165, 1.54) is 13.0 Å². The fourth-order valence-corrected chi connectivity index (χ4v) is 1.99. The van der Waals surface area contributed by atoms with Crippen molar-refractivity contribution in [2.24, 2.45) is 11.8 Å². The molecule has 0 aliphatic rings. The molecule has 0 aromatic carbocycles. The SMILES string of the molecule is CCNCC(C)CN(C)C(C)CC(C)C. The van der Waals surface area contributed by atoms with E-state index in [0.29, 0.717) is 6.04 Å². The second-order valence-electron chi connectivity index (χ2n) is 5.33. The Morgan fingerprint density at radius 1 is 1.13 bits per heavy atom. The van der Waals surface area contributed by atoms with Gasteiger partial charge in [-0.2, -0.15) is 0 Å². The molecular formula is C13H30N2. The number of rotatable bonds is 8. The Labute approximate surface area is 96.4 Å². The zero-order valence-corrected chi connectivity index (χ0v) is 11.5. The second kappa shape index (κ2) is 8.12. The van der Waals surface area contributed by atoms with Gasteiger partial charge in [0.15, 0.2) is 0 Å². The van der Waals surface area contributed by atoms with Crippen molar-refractivity contribution < 1.29 is 0 Å². The maximum Gasteiger partial charge on any atom is 0.00664 e. The molecule has 0 amide bonds. The lowest BCUT2D eigenvalue weighted by molar-refractivity contribution is 0.200. The molecule has 0 rings (SSSR count). The lowest BCUT2D eigenvalue weighted by Crippen LogP contribution is -2.36. The van der Waals surface area contributed by atoms with Gasteiger partial charge in [-0.3, -0.25) is 0 Å². The second-order valence-corrected chi connectivity index (χ2v) is 5.33. The Hall–Kier alpha value is -0.0800. The third-order valence-corrected chi connectivity index (χ3v) is 2.91. The Balaban J connectivity index is 3.74. The average Bonchev–Trinajstić information content (AvgIpc) is 2.13. The molecule has 92 valence electrons. The molecule has 2 heteroatoms. The van der Waals surface area contributed by atoms with Crippen LogP contribution in [0.15, 0.2) is 0 Å². The van der Waals surface area contributed by atoms with Gasteiger partial charge >= 0.3 is 0 Å². The van der Waals surface area contributed by atoms with Crippen LogP contribution in [0, 0.1) is 11.8 Å². The van der Waals surface area contributed by atoms with E-state index in [1.807, 2.05) is 0 Å². The first kappa shape index (κ1) is 14.9. The molecule has 0 radical (unpaired) electrons. The molecule has 0 bridgehead atoms. The van der Waals surface area contributed by atoms with Crippen LogP contribution in [0.1, 0.15) is 41.0 Å². The normalized spacial score (nSPS) is 16.0. The highest BCUT2D eigenvalue weighted by Crippen LogP contribution is 2.10. The molecule has 0 aromatic rings. The molecule has 0 saturated heterocycles. The molecule has 1 N–H and O–H groups in total. The highest BCUT2D eigenvalue weighted by atomic mass is 15.1. The topological polar surface area (TPSA) is 15.3 Å². The third kappa shape index (κ3) is 7.80. The molecule has 0 spiro atoms. The molecule has 0 saturated carbocycles. The number of hydrogen-bond acceptors (Lipinski definition) is 2. The van der Waals surface area contributed by atoms with E-state index in [9.17, 15) is 0 Å². The summed E-state index contributed by atoms with van der Waals surface area (Å²) >= 11 is 0. The monoisotopic (exact) mass is 214 g/mol. The summed E-state index contributed by atoms with van der Waals surface area (Å²) in [5, 5.41) is 3.41. The standard InChI is InChI=1S/C13H30N2/c1-7-14-9-12(4)10-15(6)13(5)8-11(2)3/h11-14H,7-10H2,1-6H3. The van der Waals surface area contributed by atoms with Crippen molar-refractivity contribution >= 4 is 0 Å². The first-order valence-corrected chi connectivity index (χ1v) is 6.38. The van der Waals surface area contributed by atoms with Gasteiger partial charge in [-0.15, -0.1) is 0 Å². The fraction of sp³-hybridized carbons (Fsp3) is 1.00. The maximum absolute atomic E-state index is 3.41. The van der Waals surface area contributed by atoms with E-state index in [-0.39, 0.29) is 0 Å². The third-order valence-electron chi connectivity index (χ3n) is 2.91. The van der Waals surface area contributed by atoms with Crippen LogP contribution in [0.2, 0.25) is 0 Å². The molecule has 0 aliphatic carbocycles. The quantitative estimate of drug-likeness (QED) is 0.668. The van der Waals surface area contributed by atoms with Crippen molar-refractivity contribution in [2.45, 2.75) is 47.1 Å². The molecular weight excluding hydrogens is 184 g/mol. The number of nitrogens with zero attached hydrogens (tertiary/aromatic N) is 1. The van der Waals surface area contributed by atoms with Gasteiger partial charge in [0.05, 0.1) is 0 Å². The van der Waals surface area contributed by atoms with Crippen molar-refractivity contribution in [1.29, 1.82) is 0 Å². The maximum atomic E-state index is 3.41. The molecule has 2 atom stereocenters. The van der Waals surface area contributed by atoms with Crippen LogP contribution in [0.25, 0.3) is 0 Å². The Morgan fingerprint density at radius 2 is 1.73 bits per heavy atom. The first-order chi connectivity index (χ1) is 6.97. The minimum atomic E-state index is 0.703. The summed E-state index contributed by atoms with van der Waals surface area (Å²) < 4.78 is 0. The van der Waals surface area contributed by atoms with Crippen LogP contribution in [0.4, 0.5) is 0 Å². The van der Waals surface area contributed by atoms with Gasteiger partial charge in [0.1, 0.15) is 0 Å². The van der Waals surface area contributed by atoms with Crippen molar-refractivity contribution in [3.8, 4) is 0 Å². The highest BCUT2D eigenvalue weighted by Gasteiger charge is 2.13. The molecule has 2 unspecified atom stereocenters. The smallest absolute Gasteiger partial charge is 0.00664 e. The van der Waals surface area contributed by atoms with Crippen LogP contribution in [-0.4, -0.2) is 37.6 Å². The van der Waals surface area contributed by atoms with Gasteiger partial charge < -0.3 is 10.2 Å². The Kier molecular flexibility index (Phi) is 8.07. The van der Waals surface area contributed by atoms with E-state index >= 15 is 0 Å². The highest BCUT2D eigenvalue weighted by molar-refractivity contribution is 4.68. The zero-order chi connectivity index (χ0) is 11.8. The summed E-state index contributed by atoms with van der Waals surface area (Å²) in [7, 11) is 2.25. The predicted molar refractivity (Wildman–Crippen MR) is 69.3 cm³/mol. The fourth-order valence-electron chi connectivity index (χ4n) is 1.99. The molecule has 2 nitrogen and oxygen atoms in total. The number of nitrogens with one attached hydrogen (secondary N) is 1. The van der Waals surface area contributed by atoms with Crippen molar-refractivity contribution in [2.75, 3.05) is 26.7 Å². The van der Waals surface area contributed by atoms with Gasteiger partial charge in [0.25, 0.3) is 0 Å². The predicted octanol–water partition coefficient (Wildman–Crippen LogP) is 2.60. The van der Waals surface area contributed by atoms with E-state index in [2.05, 4.69) is 51.9 Å². The van der Waals surface area contributed by atoms with Crippen molar-refractivity contribution in [3.63, 3.8) is 0 Å². The minimum absolute atomic E-state index is 0.703. The minimum Gasteiger partial charge on any atom is -0.317 e. The van der Waals surface area contributed by atoms with Gasteiger partial charge in [-0.05, 0) is 45.3 Å². The summed E-state index contributed by atoms with van der Waals surface area (Å²) in [6, 6.07) is 0.703. The van der Waals surface area contributed by atoms with Crippen molar-refractivity contribution in [1.82, 2.24) is 10.2 Å². The largest absolute Gasteiger partial charge is 0.317 e. The van der Waals surface area contributed by atoms with Crippen LogP contribution in [-0.2, 0) is 0 Å². The Morgan fingerprint density at radius 3 is 2.20 bits per heavy atom. The van der Waals surface area contributed by atoms with E-state index in [0.717, 1.165) is 24.9 Å². The van der Waals surface area contributed by atoms with Crippen LogP contribution in [0.5, 0.6) is 0 Å². The van der Waals surface area contributed by atoms with E-state index in [4.69, 9.17) is 0 Å². The van der Waals surface area contributed by atoms with Gasteiger partial charge in [-0.1, -0.05) is 27.7 Å². The summed E-state index contributed by atoms with van der Waals surface area (Å²) in [6.45, 7) is 14.8. The van der Waals surface area contributed by atoms with E-state index < -0.39 is 0 Å². The molecule has 0 aliphatic heterocycles. The number of hydrogen-bond donors (Lipinski definition) is 1. The Bertz CT molecular complexity index is 145. The van der Waals surface area contributed by atoms with Crippen LogP contribution in [0.3, 0.4) is 0 Å². The van der Waals surface area contributed by atoms with Crippen LogP contribution < -0.4 is 5.32 Å². The summed E-state index contributed by atoms with van der Waals surface area (Å²) in [4.78, 5) is 2.49. The lowest BCUT2D eigenvalue weighted by atomic mass is 10.0. The summed E-state index contributed by atoms with van der Waals surface area (Å²) in [5.41, 5.74) is 0. The molecule has 0 fully saturated rings. The van der Waals surface area contributed by atoms with Crippen LogP contribution >= 0.6 is 0 Å². The van der Waals surface area contributed by atoms with Gasteiger partial charge in [0, 0.05) is 12.6 Å². The first-order valence-electron chi connectivity index (χ1n) is 6.38. The van der Waals surface area contributed by atoms with Gasteiger partial charge in [-0.25, -0.2) is 0 Å². The van der Waals surface area contributed by atoms with E-state index in [1.54, 1.807) is 0 Å². The zero-order valence-electron chi connectivity index (χ0n) is 11.5. The van der Waals surface area contributed by atoms with Crippen molar-refractivity contribution in [3.05, 3.63) is 0 Å². The molecule has 0 heterocycles. The summed E-state index contributed by atoms with van der Waals surface area (Å²) in [6.07, 6.45) is 1.30. The summed E-state index contributed by atoms with van der Waals surface area (Å²) in [5.74, 6) is 1.54. The average molecular weight is 214 g/mol. The van der Waals surface area contributed by atoms with Gasteiger partial charge in [0.2, 0.25) is 0 Å². The molecule has 15 heavy (non-hydrogen) atoms. The lowest BCUT2D eigenvalue weighted by Gasteiger charge is -2.28.